The molecule has 0 N–H and O–H groups in total. The molecule has 4 heteroatoms. The van der Waals surface area contributed by atoms with E-state index < -0.39 is 0 Å². The van der Waals surface area contributed by atoms with Crippen molar-refractivity contribution in [3.8, 4) is 17.2 Å². The molecule has 124 valence electrons. The van der Waals surface area contributed by atoms with E-state index in [9.17, 15) is 4.79 Å². The summed E-state index contributed by atoms with van der Waals surface area (Å²) in [5, 5.41) is 1.37. The Hall–Kier alpha value is -3.27. The number of nitrogens with zero attached hydrogens (tertiary/aromatic N) is 1. The van der Waals surface area contributed by atoms with Gasteiger partial charge in [0.05, 0.1) is 30.9 Å². The molecular weight excluding hydrogens is 314 g/mol. The topological polar surface area (TPSA) is 40.5 Å². The molecule has 0 fully saturated rings. The fraction of sp³-hybridized carbons (Fsp3) is 0.0952. The Morgan fingerprint density at radius 3 is 1.68 bits per heavy atom. The summed E-state index contributed by atoms with van der Waals surface area (Å²) in [6.07, 6.45) is 0. The first-order chi connectivity index (χ1) is 12.2. The van der Waals surface area contributed by atoms with Gasteiger partial charge < -0.3 is 14.0 Å². The quantitative estimate of drug-likeness (QED) is 0.529. The predicted octanol–water partition coefficient (Wildman–Crippen LogP) is 4.16. The zero-order valence-corrected chi connectivity index (χ0v) is 14.0. The molecule has 0 saturated heterocycles. The monoisotopic (exact) mass is 331 g/mol. The van der Waals surface area contributed by atoms with Gasteiger partial charge in [-0.25, -0.2) is 0 Å². The van der Waals surface area contributed by atoms with E-state index in [0.717, 1.165) is 16.7 Å². The minimum atomic E-state index is 0.0392. The lowest BCUT2D eigenvalue weighted by Gasteiger charge is -2.17. The Kier molecular flexibility index (Phi) is 3.65. The molecule has 0 spiro atoms. The van der Waals surface area contributed by atoms with Crippen molar-refractivity contribution in [3.05, 3.63) is 77.0 Å². The zero-order valence-electron chi connectivity index (χ0n) is 14.0. The van der Waals surface area contributed by atoms with Crippen LogP contribution in [0.5, 0.6) is 11.5 Å². The smallest absolute Gasteiger partial charge is 0.197 e. The van der Waals surface area contributed by atoms with Crippen LogP contribution in [0.2, 0.25) is 0 Å². The van der Waals surface area contributed by atoms with E-state index in [1.807, 2.05) is 66.7 Å². The van der Waals surface area contributed by atoms with Crippen LogP contribution in [-0.2, 0) is 0 Å². The van der Waals surface area contributed by atoms with Gasteiger partial charge in [-0.3, -0.25) is 4.79 Å². The Bertz CT molecular complexity index is 1060. The summed E-state index contributed by atoms with van der Waals surface area (Å²) in [5.41, 5.74) is 2.61. The number of aromatic nitrogens is 1. The van der Waals surface area contributed by atoms with Crippen molar-refractivity contribution < 1.29 is 9.47 Å². The second kappa shape index (κ2) is 5.98. The summed E-state index contributed by atoms with van der Waals surface area (Å²) < 4.78 is 12.9. The highest BCUT2D eigenvalue weighted by Gasteiger charge is 2.13. The Morgan fingerprint density at radius 2 is 1.20 bits per heavy atom. The predicted molar refractivity (Wildman–Crippen MR) is 100 cm³/mol. The van der Waals surface area contributed by atoms with E-state index >= 15 is 0 Å². The molecule has 25 heavy (non-hydrogen) atoms. The SMILES string of the molecule is COc1cc(OC)cc(-n2c3ccccc3c(=O)c3ccccc32)c1. The molecular formula is C21H17NO3. The van der Waals surface area contributed by atoms with Crippen molar-refractivity contribution in [2.75, 3.05) is 14.2 Å². The average Bonchev–Trinajstić information content (AvgIpc) is 2.68. The molecule has 0 aliphatic carbocycles. The van der Waals surface area contributed by atoms with Gasteiger partial charge in [-0.05, 0) is 24.3 Å². The number of pyridine rings is 1. The maximum Gasteiger partial charge on any atom is 0.197 e. The number of rotatable bonds is 3. The summed E-state index contributed by atoms with van der Waals surface area (Å²) in [7, 11) is 3.25. The van der Waals surface area contributed by atoms with Crippen LogP contribution in [0.1, 0.15) is 0 Å². The first kappa shape index (κ1) is 15.3. The van der Waals surface area contributed by atoms with Crippen LogP contribution in [0.4, 0.5) is 0 Å². The van der Waals surface area contributed by atoms with E-state index in [1.54, 1.807) is 14.2 Å². The van der Waals surface area contributed by atoms with Crippen molar-refractivity contribution >= 4 is 21.8 Å². The second-order valence-corrected chi connectivity index (χ2v) is 5.77. The number of hydrogen-bond acceptors (Lipinski definition) is 3. The molecule has 0 aliphatic heterocycles. The molecule has 4 nitrogen and oxygen atoms in total. The van der Waals surface area contributed by atoms with Crippen LogP contribution in [-0.4, -0.2) is 18.8 Å². The van der Waals surface area contributed by atoms with Gasteiger partial charge in [-0.1, -0.05) is 24.3 Å². The third-order valence-corrected chi connectivity index (χ3v) is 4.37. The van der Waals surface area contributed by atoms with Crippen molar-refractivity contribution in [2.24, 2.45) is 0 Å². The lowest BCUT2D eigenvalue weighted by molar-refractivity contribution is 0.394. The van der Waals surface area contributed by atoms with Crippen LogP contribution >= 0.6 is 0 Å². The molecule has 0 radical (unpaired) electrons. The van der Waals surface area contributed by atoms with Gasteiger partial charge >= 0.3 is 0 Å². The molecule has 1 aromatic heterocycles. The number of benzene rings is 3. The Morgan fingerprint density at radius 1 is 0.720 bits per heavy atom. The van der Waals surface area contributed by atoms with Gasteiger partial charge in [-0.15, -0.1) is 0 Å². The third kappa shape index (κ3) is 2.43. The standard InChI is InChI=1S/C21H17NO3/c1-24-15-11-14(12-16(13-15)25-2)22-19-9-5-3-7-17(19)21(23)18-8-4-6-10-20(18)22/h3-13H,1-2H3. The molecule has 4 rings (SSSR count). The van der Waals surface area contributed by atoms with E-state index in [1.165, 1.54) is 0 Å². The zero-order chi connectivity index (χ0) is 17.4. The van der Waals surface area contributed by atoms with Crippen molar-refractivity contribution in [3.63, 3.8) is 0 Å². The highest BCUT2D eigenvalue weighted by molar-refractivity contribution is 5.95. The molecule has 3 aromatic carbocycles. The van der Waals surface area contributed by atoms with Gasteiger partial charge in [0.25, 0.3) is 0 Å². The van der Waals surface area contributed by atoms with Crippen LogP contribution in [0.25, 0.3) is 27.5 Å². The van der Waals surface area contributed by atoms with Gasteiger partial charge in [-0.2, -0.15) is 0 Å². The summed E-state index contributed by atoms with van der Waals surface area (Å²) in [6, 6.07) is 21.0. The Balaban J connectivity index is 2.20. The molecule has 0 unspecified atom stereocenters. The Labute approximate surface area is 144 Å². The van der Waals surface area contributed by atoms with E-state index in [4.69, 9.17) is 9.47 Å². The van der Waals surface area contributed by atoms with E-state index in [0.29, 0.717) is 22.3 Å². The van der Waals surface area contributed by atoms with E-state index in [2.05, 4.69) is 4.57 Å². The molecule has 4 aromatic rings. The van der Waals surface area contributed by atoms with Crippen LogP contribution < -0.4 is 14.9 Å². The van der Waals surface area contributed by atoms with Crippen molar-refractivity contribution in [1.29, 1.82) is 0 Å². The largest absolute Gasteiger partial charge is 0.497 e. The van der Waals surface area contributed by atoms with E-state index in [-0.39, 0.29) is 5.43 Å². The molecule has 0 saturated carbocycles. The molecule has 0 bridgehead atoms. The van der Waals surface area contributed by atoms with Crippen molar-refractivity contribution in [2.45, 2.75) is 0 Å². The van der Waals surface area contributed by atoms with Crippen LogP contribution in [0, 0.1) is 0 Å². The summed E-state index contributed by atoms with van der Waals surface area (Å²) in [4.78, 5) is 12.9. The second-order valence-electron chi connectivity index (χ2n) is 5.77. The molecule has 0 atom stereocenters. The maximum absolute atomic E-state index is 12.9. The highest BCUT2D eigenvalue weighted by Crippen LogP contribution is 2.29. The molecule has 0 amide bonds. The molecule has 1 heterocycles. The first-order valence-corrected chi connectivity index (χ1v) is 7.99. The fourth-order valence-corrected chi connectivity index (χ4v) is 3.20. The number of ether oxygens (including phenoxy) is 2. The third-order valence-electron chi connectivity index (χ3n) is 4.37. The molecule has 0 aliphatic rings. The minimum Gasteiger partial charge on any atom is -0.497 e. The number of hydrogen-bond donors (Lipinski definition) is 0. The highest BCUT2D eigenvalue weighted by atomic mass is 16.5. The normalized spacial score (nSPS) is 11.0. The summed E-state index contributed by atoms with van der Waals surface area (Å²) >= 11 is 0. The van der Waals surface area contributed by atoms with Gasteiger partial charge in [0, 0.05) is 29.0 Å². The fourth-order valence-electron chi connectivity index (χ4n) is 3.20. The number of methoxy groups -OCH3 is 2. The van der Waals surface area contributed by atoms with Crippen LogP contribution in [0.3, 0.4) is 0 Å². The van der Waals surface area contributed by atoms with Crippen LogP contribution in [0.15, 0.2) is 71.5 Å². The first-order valence-electron chi connectivity index (χ1n) is 7.99. The summed E-state index contributed by atoms with van der Waals surface area (Å²) in [6.45, 7) is 0. The average molecular weight is 331 g/mol. The lowest BCUT2D eigenvalue weighted by atomic mass is 10.1. The lowest BCUT2D eigenvalue weighted by Crippen LogP contribution is -2.10. The maximum atomic E-state index is 12.9. The minimum absolute atomic E-state index is 0.0392. The number of para-hydroxylation sites is 2. The summed E-state index contributed by atoms with van der Waals surface area (Å²) in [5.74, 6) is 1.39. The van der Waals surface area contributed by atoms with Gasteiger partial charge in [0.15, 0.2) is 5.43 Å². The van der Waals surface area contributed by atoms with Crippen molar-refractivity contribution in [1.82, 2.24) is 4.57 Å². The number of fused-ring (bicyclic) bond motifs is 2. The van der Waals surface area contributed by atoms with Gasteiger partial charge in [0.1, 0.15) is 11.5 Å². The van der Waals surface area contributed by atoms with Gasteiger partial charge in [0.2, 0.25) is 0 Å².